The van der Waals surface area contributed by atoms with Crippen molar-refractivity contribution in [2.24, 2.45) is 5.29 Å². The number of benzene rings is 2. The van der Waals surface area contributed by atoms with Crippen molar-refractivity contribution in [2.45, 2.75) is 32.7 Å². The van der Waals surface area contributed by atoms with E-state index in [0.29, 0.717) is 0 Å². The fourth-order valence-corrected chi connectivity index (χ4v) is 2.40. The first-order valence-corrected chi connectivity index (χ1v) is 7.08. The largest absolute Gasteiger partial charge is 0.226 e. The second-order valence-electron chi connectivity index (χ2n) is 4.81. The zero-order chi connectivity index (χ0) is 14.4. The SMILES string of the molecule is CCC(CC)N(N=O)c1ccc(-c2ccccc2)cc1. The Hall–Kier alpha value is -2.16. The number of hydrogen-bond donors (Lipinski definition) is 0. The predicted molar refractivity (Wildman–Crippen MR) is 84.5 cm³/mol. The van der Waals surface area contributed by atoms with Gasteiger partial charge in [-0.3, -0.25) is 0 Å². The van der Waals surface area contributed by atoms with Gasteiger partial charge >= 0.3 is 0 Å². The monoisotopic (exact) mass is 268 g/mol. The first-order valence-electron chi connectivity index (χ1n) is 7.08. The molecule has 0 amide bonds. The lowest BCUT2D eigenvalue weighted by molar-refractivity contribution is 0.567. The molecule has 2 aromatic rings. The minimum atomic E-state index is 0.162. The van der Waals surface area contributed by atoms with Gasteiger partial charge in [-0.15, -0.1) is 4.91 Å². The van der Waals surface area contributed by atoms with Crippen LogP contribution in [0.4, 0.5) is 5.69 Å². The molecule has 0 atom stereocenters. The Kier molecular flexibility index (Phi) is 4.88. The standard InChI is InChI=1S/C17H20N2O/c1-3-16(4-2)19(18-20)17-12-10-15(11-13-17)14-8-6-5-7-9-14/h5-13,16H,3-4H2,1-2H3. The van der Waals surface area contributed by atoms with E-state index < -0.39 is 0 Å². The van der Waals surface area contributed by atoms with Gasteiger partial charge in [0, 0.05) is 0 Å². The highest BCUT2D eigenvalue weighted by Gasteiger charge is 2.16. The third-order valence-corrected chi connectivity index (χ3v) is 3.62. The molecule has 0 saturated carbocycles. The molecule has 0 aliphatic heterocycles. The van der Waals surface area contributed by atoms with Gasteiger partial charge in [0.05, 0.1) is 17.0 Å². The van der Waals surface area contributed by atoms with Gasteiger partial charge in [-0.2, -0.15) is 0 Å². The maximum Gasteiger partial charge on any atom is 0.0629 e. The third-order valence-electron chi connectivity index (χ3n) is 3.62. The van der Waals surface area contributed by atoms with Gasteiger partial charge in [-0.25, -0.2) is 5.01 Å². The van der Waals surface area contributed by atoms with Crippen LogP contribution in [0.3, 0.4) is 0 Å². The molecular formula is C17H20N2O. The molecule has 0 heterocycles. The van der Waals surface area contributed by atoms with E-state index in [0.717, 1.165) is 24.1 Å². The molecule has 0 aliphatic rings. The number of nitroso groups, excluding NO2 is 1. The lowest BCUT2D eigenvalue weighted by Gasteiger charge is -2.24. The summed E-state index contributed by atoms with van der Waals surface area (Å²) in [5, 5.41) is 4.76. The van der Waals surface area contributed by atoms with Gasteiger partial charge in [0.2, 0.25) is 0 Å². The van der Waals surface area contributed by atoms with Crippen molar-refractivity contribution in [3.8, 4) is 11.1 Å². The fourth-order valence-electron chi connectivity index (χ4n) is 2.40. The van der Waals surface area contributed by atoms with Crippen molar-refractivity contribution >= 4 is 5.69 Å². The van der Waals surface area contributed by atoms with Crippen LogP contribution in [0.5, 0.6) is 0 Å². The Morgan fingerprint density at radius 2 is 1.45 bits per heavy atom. The molecule has 3 heteroatoms. The molecule has 0 saturated heterocycles. The summed E-state index contributed by atoms with van der Waals surface area (Å²) in [5.41, 5.74) is 3.17. The van der Waals surface area contributed by atoms with Gasteiger partial charge in [0.25, 0.3) is 0 Å². The summed E-state index contributed by atoms with van der Waals surface area (Å²) < 4.78 is 0. The van der Waals surface area contributed by atoms with Crippen molar-refractivity contribution in [1.29, 1.82) is 0 Å². The molecule has 0 N–H and O–H groups in total. The van der Waals surface area contributed by atoms with E-state index in [9.17, 15) is 4.91 Å². The smallest absolute Gasteiger partial charge is 0.0629 e. The lowest BCUT2D eigenvalue weighted by Crippen LogP contribution is -2.28. The summed E-state index contributed by atoms with van der Waals surface area (Å²) in [4.78, 5) is 11.1. The first-order chi connectivity index (χ1) is 9.80. The van der Waals surface area contributed by atoms with Crippen molar-refractivity contribution < 1.29 is 0 Å². The van der Waals surface area contributed by atoms with Crippen molar-refractivity contribution in [1.82, 2.24) is 0 Å². The molecule has 0 aliphatic carbocycles. The van der Waals surface area contributed by atoms with Gasteiger partial charge in [-0.1, -0.05) is 56.3 Å². The van der Waals surface area contributed by atoms with E-state index in [2.05, 4.69) is 31.3 Å². The molecule has 0 radical (unpaired) electrons. The summed E-state index contributed by atoms with van der Waals surface area (Å²) in [7, 11) is 0. The highest BCUT2D eigenvalue weighted by Crippen LogP contribution is 2.25. The maximum atomic E-state index is 11.1. The van der Waals surface area contributed by atoms with Gasteiger partial charge in [-0.05, 0) is 36.1 Å². The molecule has 104 valence electrons. The van der Waals surface area contributed by atoms with Gasteiger partial charge in [0.1, 0.15) is 0 Å². The summed E-state index contributed by atoms with van der Waals surface area (Å²) in [5.74, 6) is 0. The Balaban J connectivity index is 2.25. The zero-order valence-corrected chi connectivity index (χ0v) is 12.0. The molecule has 0 fully saturated rings. The second kappa shape index (κ2) is 6.85. The highest BCUT2D eigenvalue weighted by molar-refractivity contribution is 5.66. The van der Waals surface area contributed by atoms with Crippen LogP contribution in [0, 0.1) is 4.91 Å². The molecule has 20 heavy (non-hydrogen) atoms. The molecule has 2 rings (SSSR count). The van der Waals surface area contributed by atoms with Gasteiger partial charge < -0.3 is 0 Å². The van der Waals surface area contributed by atoms with Crippen LogP contribution >= 0.6 is 0 Å². The normalized spacial score (nSPS) is 10.6. The number of hydrogen-bond acceptors (Lipinski definition) is 2. The third kappa shape index (κ3) is 3.05. The maximum absolute atomic E-state index is 11.1. The number of nitrogens with zero attached hydrogens (tertiary/aromatic N) is 2. The van der Waals surface area contributed by atoms with Crippen LogP contribution in [0.2, 0.25) is 0 Å². The van der Waals surface area contributed by atoms with E-state index in [1.165, 1.54) is 5.56 Å². The Morgan fingerprint density at radius 1 is 0.900 bits per heavy atom. The van der Waals surface area contributed by atoms with Gasteiger partial charge in [0.15, 0.2) is 0 Å². The first kappa shape index (κ1) is 14.3. The van der Waals surface area contributed by atoms with E-state index >= 15 is 0 Å². The predicted octanol–water partition coefficient (Wildman–Crippen LogP) is 5.03. The minimum Gasteiger partial charge on any atom is -0.226 e. The average Bonchev–Trinajstić information content (AvgIpc) is 2.53. The summed E-state index contributed by atoms with van der Waals surface area (Å²) in [6.07, 6.45) is 1.81. The Morgan fingerprint density at radius 3 is 1.95 bits per heavy atom. The van der Waals surface area contributed by atoms with Crippen LogP contribution in [-0.2, 0) is 0 Å². The van der Waals surface area contributed by atoms with Crippen LogP contribution in [0.25, 0.3) is 11.1 Å². The second-order valence-corrected chi connectivity index (χ2v) is 4.81. The number of anilines is 1. The molecule has 2 aromatic carbocycles. The number of rotatable bonds is 6. The minimum absolute atomic E-state index is 0.162. The zero-order valence-electron chi connectivity index (χ0n) is 12.0. The Bertz CT molecular complexity index is 533. The van der Waals surface area contributed by atoms with Crippen LogP contribution in [0.1, 0.15) is 26.7 Å². The summed E-state index contributed by atoms with van der Waals surface area (Å²) in [6.45, 7) is 4.15. The van der Waals surface area contributed by atoms with E-state index in [-0.39, 0.29) is 6.04 Å². The molecule has 3 nitrogen and oxygen atoms in total. The quantitative estimate of drug-likeness (QED) is 0.543. The van der Waals surface area contributed by atoms with E-state index in [4.69, 9.17) is 0 Å². The van der Waals surface area contributed by atoms with E-state index in [1.807, 2.05) is 42.5 Å². The summed E-state index contributed by atoms with van der Waals surface area (Å²) >= 11 is 0. The van der Waals surface area contributed by atoms with Crippen LogP contribution in [-0.4, -0.2) is 6.04 Å². The van der Waals surface area contributed by atoms with Crippen molar-refractivity contribution in [2.75, 3.05) is 5.01 Å². The Labute approximate surface area is 120 Å². The molecular weight excluding hydrogens is 248 g/mol. The molecule has 0 bridgehead atoms. The molecule has 0 aromatic heterocycles. The fraction of sp³-hybridized carbons (Fsp3) is 0.294. The lowest BCUT2D eigenvalue weighted by atomic mass is 10.0. The van der Waals surface area contributed by atoms with Crippen molar-refractivity contribution in [3.63, 3.8) is 0 Å². The van der Waals surface area contributed by atoms with Crippen molar-refractivity contribution in [3.05, 3.63) is 59.5 Å². The van der Waals surface area contributed by atoms with E-state index in [1.54, 1.807) is 5.01 Å². The highest BCUT2D eigenvalue weighted by atomic mass is 16.3. The molecule has 0 spiro atoms. The van der Waals surface area contributed by atoms with Crippen LogP contribution in [0.15, 0.2) is 59.9 Å². The topological polar surface area (TPSA) is 32.7 Å². The average molecular weight is 268 g/mol. The molecule has 0 unspecified atom stereocenters. The summed E-state index contributed by atoms with van der Waals surface area (Å²) in [6, 6.07) is 18.3. The van der Waals surface area contributed by atoms with Crippen LogP contribution < -0.4 is 5.01 Å².